The molecule has 8 aromatic rings. The zero-order valence-electron chi connectivity index (χ0n) is 45.0. The number of carbonyl (C=O) groups is 2. The van der Waals surface area contributed by atoms with Gasteiger partial charge in [0.25, 0.3) is 0 Å². The number of esters is 1. The summed E-state index contributed by atoms with van der Waals surface area (Å²) in [5, 5.41) is 22.5. The first kappa shape index (κ1) is 54.0. The summed E-state index contributed by atoms with van der Waals surface area (Å²) in [6.07, 6.45) is 13.0. The van der Waals surface area contributed by atoms with Crippen LogP contribution in [0.5, 0.6) is 11.5 Å². The minimum Gasteiger partial charge on any atom is -0.488 e. The average Bonchev–Trinajstić information content (AvgIpc) is 3.67. The highest BCUT2D eigenvalue weighted by Gasteiger charge is 2.49. The maximum absolute atomic E-state index is 12.3. The van der Waals surface area contributed by atoms with Gasteiger partial charge in [-0.05, 0) is 126 Å². The van der Waals surface area contributed by atoms with Gasteiger partial charge in [-0.15, -0.1) is 0 Å². The Morgan fingerprint density at radius 2 is 1.05 bits per heavy atom. The molecule has 16 nitrogen and oxygen atoms in total. The molecule has 0 spiro atoms. The molecule has 2 saturated heterocycles. The number of fused-ring (bicyclic) bond motifs is 6. The van der Waals surface area contributed by atoms with Gasteiger partial charge in [-0.1, -0.05) is 91.5 Å². The van der Waals surface area contributed by atoms with E-state index in [-0.39, 0.29) is 35.9 Å². The van der Waals surface area contributed by atoms with Crippen LogP contribution in [0, 0.1) is 11.8 Å². The number of halogens is 4. The summed E-state index contributed by atoms with van der Waals surface area (Å²) in [5.41, 5.74) is 6.95. The number of hydrogen-bond donors (Lipinski definition) is 1. The number of carboxylic acid groups (broad SMARTS) is 1. The number of piperidine rings is 2. The molecule has 4 bridgehead atoms. The second-order valence-electron chi connectivity index (χ2n) is 23.3. The number of benzene rings is 4. The van der Waals surface area contributed by atoms with E-state index in [9.17, 15) is 14.7 Å². The third-order valence-corrected chi connectivity index (χ3v) is 20.8. The Hall–Kier alpha value is -5.70. The molecule has 0 amide bonds. The maximum Gasteiger partial charge on any atom is 0.338 e. The zero-order chi connectivity index (χ0) is 56.4. The van der Waals surface area contributed by atoms with Crippen LogP contribution in [0.1, 0.15) is 132 Å². The van der Waals surface area contributed by atoms with Gasteiger partial charge in [0, 0.05) is 71.1 Å². The first-order valence-corrected chi connectivity index (χ1v) is 31.7. The maximum atomic E-state index is 12.3. The predicted molar refractivity (Wildman–Crippen MR) is 318 cm³/mol. The van der Waals surface area contributed by atoms with E-state index in [1.54, 1.807) is 29.5 Å². The van der Waals surface area contributed by atoms with Crippen LogP contribution in [0.15, 0.2) is 69.7 Å². The highest BCUT2D eigenvalue weighted by Crippen LogP contribution is 2.52. The number of aromatic nitrogens is 4. The molecule has 22 heteroatoms. The van der Waals surface area contributed by atoms with Crippen molar-refractivity contribution in [3.63, 3.8) is 0 Å². The van der Waals surface area contributed by atoms with Gasteiger partial charge in [0.05, 0.1) is 85.4 Å². The molecule has 0 unspecified atom stereocenters. The van der Waals surface area contributed by atoms with E-state index < -0.39 is 5.97 Å². The molecule has 6 aliphatic carbocycles. The Kier molecular flexibility index (Phi) is 14.1. The Labute approximate surface area is 505 Å². The minimum atomic E-state index is -0.958. The topological polar surface area (TPSA) is 185 Å². The molecule has 0 radical (unpaired) electrons. The number of carboxylic acids is 1. The Balaban J connectivity index is 0.000000142. The van der Waals surface area contributed by atoms with Crippen LogP contribution >= 0.6 is 69.1 Å². The third kappa shape index (κ3) is 10.5. The van der Waals surface area contributed by atoms with Crippen LogP contribution in [0.3, 0.4) is 0 Å². The lowest BCUT2D eigenvalue weighted by Gasteiger charge is -2.31. The number of ether oxygens (including phenoxy) is 5. The number of thiazole rings is 2. The fourth-order valence-electron chi connectivity index (χ4n) is 12.7. The van der Waals surface area contributed by atoms with E-state index in [2.05, 4.69) is 20.1 Å². The third-order valence-electron chi connectivity index (χ3n) is 17.5. The number of nitrogens with zero attached hydrogens (tertiary/aromatic N) is 6. The van der Waals surface area contributed by atoms with Gasteiger partial charge in [0.1, 0.15) is 45.4 Å². The van der Waals surface area contributed by atoms with Crippen molar-refractivity contribution in [2.45, 2.75) is 139 Å². The lowest BCUT2D eigenvalue weighted by atomic mass is 10.0. The molecule has 6 saturated carbocycles. The Morgan fingerprint density at radius 1 is 0.614 bits per heavy atom. The van der Waals surface area contributed by atoms with Crippen LogP contribution in [-0.2, 0) is 27.4 Å². The van der Waals surface area contributed by atoms with E-state index in [1.807, 2.05) is 42.5 Å². The van der Waals surface area contributed by atoms with Crippen LogP contribution in [0.4, 0.5) is 10.3 Å². The molecule has 8 aliphatic rings. The molecular formula is C61H56Cl4N6O10S2. The highest BCUT2D eigenvalue weighted by molar-refractivity contribution is 7.22. The molecule has 6 atom stereocenters. The number of rotatable bonds is 18. The highest BCUT2D eigenvalue weighted by atomic mass is 35.5. The van der Waals surface area contributed by atoms with E-state index in [1.165, 1.54) is 18.4 Å². The quantitative estimate of drug-likeness (QED) is 0.0799. The SMILES string of the molecule is COC(=O)c1cc(OC2CC2)c2nc(N3C[C@@H]4C[C@H]3C[C@H]4OCc3c(-c4c(Cl)cccc4Cl)noc3C3CC3)sc2c1.O=C(O)c1cc(OC2CC2)c2nc(N3C[C@@H]4C[C@H]3C[C@H]4OCc3c(-c4c(Cl)cccc4Cl)noc3C3CC3)sc2c1. The number of hydrogen-bond acceptors (Lipinski definition) is 17. The van der Waals surface area contributed by atoms with Gasteiger partial charge in [-0.3, -0.25) is 0 Å². The second-order valence-corrected chi connectivity index (χ2v) is 27.0. The first-order chi connectivity index (χ1) is 40.4. The van der Waals surface area contributed by atoms with Gasteiger partial charge >= 0.3 is 11.9 Å². The fraction of sp³-hybridized carbons (Fsp3) is 0.443. The summed E-state index contributed by atoms with van der Waals surface area (Å²) in [6.45, 7) is 2.54. The van der Waals surface area contributed by atoms with Crippen molar-refractivity contribution in [2.75, 3.05) is 30.0 Å². The van der Waals surface area contributed by atoms with Crippen molar-refractivity contribution >= 4 is 112 Å². The summed E-state index contributed by atoms with van der Waals surface area (Å²) >= 11 is 29.3. The van der Waals surface area contributed by atoms with Crippen LogP contribution in [0.25, 0.3) is 42.9 Å². The number of methoxy groups -OCH3 is 1. The van der Waals surface area contributed by atoms with E-state index in [4.69, 9.17) is 89.1 Å². The molecule has 6 heterocycles. The lowest BCUT2D eigenvalue weighted by molar-refractivity contribution is 0.0122. The monoisotopic (exact) mass is 1240 g/mol. The molecule has 4 aromatic heterocycles. The Morgan fingerprint density at radius 3 is 1.43 bits per heavy atom. The normalized spacial score (nSPS) is 23.4. The van der Waals surface area contributed by atoms with E-state index in [0.29, 0.717) is 109 Å². The van der Waals surface area contributed by atoms with Crippen molar-refractivity contribution < 1.29 is 47.4 Å². The molecule has 83 heavy (non-hydrogen) atoms. The summed E-state index contributed by atoms with van der Waals surface area (Å²) < 4.78 is 43.8. The van der Waals surface area contributed by atoms with Crippen molar-refractivity contribution in [3.8, 4) is 34.0 Å². The summed E-state index contributed by atoms with van der Waals surface area (Å²) in [6, 6.07) is 18.5. The van der Waals surface area contributed by atoms with E-state index >= 15 is 0 Å². The Bertz CT molecular complexity index is 3830. The van der Waals surface area contributed by atoms with Gasteiger partial charge < -0.3 is 47.6 Å². The standard InChI is InChI=1S/C31H29Cl2N3O5S.C30H27Cl2N3O5S/c1-38-30(37)16-10-24(40-19-7-8-19)28-25(11-16)42-31(34-28)36-13-17-9-18(36)12-23(17)39-14-20-27(35-41-29(20)15-5-6-15)26-21(32)3-2-4-22(26)33;31-20-2-1-3-21(32)25(20)26-19(28(40-34-26)14-4-5-14)13-38-22-11-17-8-16(22)12-35(17)30-33-27-23(39-18-6-7-18)9-15(29(36)37)10-24(27)41-30/h2-4,10-11,15,17-19,23H,5-9,12-14H2,1H3;1-3,9-10,14,16-18,22H,4-8,11-13H2,(H,36,37)/t17-,18-,23+;16-,17-,22+/m00/s1. The molecule has 8 fully saturated rings. The summed E-state index contributed by atoms with van der Waals surface area (Å²) in [5.74, 6) is 3.23. The van der Waals surface area contributed by atoms with Crippen molar-refractivity contribution in [2.24, 2.45) is 11.8 Å². The molecule has 16 rings (SSSR count). The predicted octanol–water partition coefficient (Wildman–Crippen LogP) is 15.2. The lowest BCUT2D eigenvalue weighted by Crippen LogP contribution is -2.38. The fourth-order valence-corrected chi connectivity index (χ4v) is 16.0. The average molecular weight is 1240 g/mol. The zero-order valence-corrected chi connectivity index (χ0v) is 49.7. The van der Waals surface area contributed by atoms with Gasteiger partial charge in [0.2, 0.25) is 0 Å². The van der Waals surface area contributed by atoms with Gasteiger partial charge in [0.15, 0.2) is 10.3 Å². The molecular weight excluding hydrogens is 1180 g/mol. The number of carbonyl (C=O) groups excluding carboxylic acids is 1. The second kappa shape index (κ2) is 21.7. The van der Waals surface area contributed by atoms with Gasteiger partial charge in [-0.25, -0.2) is 19.6 Å². The van der Waals surface area contributed by atoms with Crippen LogP contribution in [-0.4, -0.2) is 94.0 Å². The summed E-state index contributed by atoms with van der Waals surface area (Å²) in [4.78, 5) is 38.8. The smallest absolute Gasteiger partial charge is 0.338 e. The summed E-state index contributed by atoms with van der Waals surface area (Å²) in [7, 11) is 1.40. The molecule has 4 aromatic carbocycles. The minimum absolute atomic E-state index is 0.120. The largest absolute Gasteiger partial charge is 0.488 e. The van der Waals surface area contributed by atoms with Gasteiger partial charge in [-0.2, -0.15) is 0 Å². The molecule has 2 aliphatic heterocycles. The van der Waals surface area contributed by atoms with Crippen molar-refractivity contribution in [1.82, 2.24) is 20.3 Å². The number of anilines is 2. The molecule has 1 N–H and O–H groups in total. The number of aromatic carboxylic acids is 1. The molecule has 430 valence electrons. The van der Waals surface area contributed by atoms with Crippen molar-refractivity contribution in [1.29, 1.82) is 0 Å². The van der Waals surface area contributed by atoms with Crippen LogP contribution < -0.4 is 19.3 Å². The van der Waals surface area contributed by atoms with Crippen molar-refractivity contribution in [3.05, 3.63) is 115 Å². The van der Waals surface area contributed by atoms with Crippen LogP contribution in [0.2, 0.25) is 20.1 Å². The van der Waals surface area contributed by atoms with E-state index in [0.717, 1.165) is 143 Å². The first-order valence-electron chi connectivity index (χ1n) is 28.6.